The molecule has 10 nitrogen and oxygen atoms in total. The van der Waals surface area contributed by atoms with E-state index in [1.807, 2.05) is 60.0 Å². The third-order valence-electron chi connectivity index (χ3n) is 5.41. The topological polar surface area (TPSA) is 142 Å². The first-order chi connectivity index (χ1) is 17.4. The molecular weight excluding hydrogens is 504 g/mol. The minimum atomic E-state index is -3.74. The Balaban J connectivity index is 1.39. The zero-order valence-electron chi connectivity index (χ0n) is 19.5. The Morgan fingerprint density at radius 2 is 1.89 bits per heavy atom. The minimum Gasteiger partial charge on any atom is -0.485 e. The van der Waals surface area contributed by atoms with Gasteiger partial charge in [0.2, 0.25) is 0 Å². The molecule has 0 saturated heterocycles. The molecule has 0 aliphatic carbocycles. The second-order valence-electron chi connectivity index (χ2n) is 8.17. The monoisotopic (exact) mass is 532 g/mol. The van der Waals surface area contributed by atoms with Crippen LogP contribution in [0.5, 0.6) is 11.5 Å². The highest BCUT2D eigenvalue weighted by molar-refractivity contribution is 7.87. The number of hydrogen-bond acceptors (Lipinski definition) is 8. The lowest BCUT2D eigenvalue weighted by atomic mass is 10.1. The highest BCUT2D eigenvalue weighted by Gasteiger charge is 2.27. The van der Waals surface area contributed by atoms with E-state index in [1.54, 1.807) is 0 Å². The van der Waals surface area contributed by atoms with Crippen LogP contribution in [0.1, 0.15) is 47.7 Å². The predicted molar refractivity (Wildman–Crippen MR) is 135 cm³/mol. The molecule has 1 amide bonds. The fraction of sp³-hybridized carbons (Fsp3) is 0.333. The number of nitrogens with one attached hydrogen (secondary N) is 2. The van der Waals surface area contributed by atoms with Crippen LogP contribution in [0.4, 0.5) is 4.79 Å². The Labute approximate surface area is 214 Å². The van der Waals surface area contributed by atoms with Crippen LogP contribution in [-0.4, -0.2) is 32.6 Å². The van der Waals surface area contributed by atoms with Gasteiger partial charge in [0.25, 0.3) is 10.2 Å². The number of rotatable bonds is 11. The van der Waals surface area contributed by atoms with Gasteiger partial charge in [-0.25, -0.2) is 19.6 Å². The Kier molecular flexibility index (Phi) is 8.75. The van der Waals surface area contributed by atoms with Crippen molar-refractivity contribution in [3.8, 4) is 11.5 Å². The lowest BCUT2D eigenvalue weighted by Crippen LogP contribution is -2.32. The van der Waals surface area contributed by atoms with E-state index in [9.17, 15) is 13.2 Å². The van der Waals surface area contributed by atoms with Gasteiger partial charge < -0.3 is 19.5 Å². The molecule has 12 heteroatoms. The molecule has 0 saturated carbocycles. The quantitative estimate of drug-likeness (QED) is 0.320. The fourth-order valence-electron chi connectivity index (χ4n) is 3.64. The minimum absolute atomic E-state index is 0.145. The van der Waals surface area contributed by atoms with Gasteiger partial charge in [0.1, 0.15) is 18.2 Å². The number of fused-ring (bicyclic) bond motifs is 1. The number of aromatic nitrogens is 1. The average Bonchev–Trinajstić information content (AvgIpc) is 3.36. The van der Waals surface area contributed by atoms with Gasteiger partial charge in [-0.3, -0.25) is 0 Å². The molecule has 4 rings (SSSR count). The number of para-hydroxylation sites is 2. The van der Waals surface area contributed by atoms with Crippen LogP contribution >= 0.6 is 11.3 Å². The SMILES string of the molecule is NS(=O)(=O)NCCCC[C@H](NC(=O)OCc1ccccc1)c1csc(C2COc3ccccc3O2)n1. The molecule has 36 heavy (non-hydrogen) atoms. The Morgan fingerprint density at radius 3 is 2.67 bits per heavy atom. The van der Waals surface area contributed by atoms with Gasteiger partial charge in [-0.05, 0) is 37.0 Å². The van der Waals surface area contributed by atoms with Gasteiger partial charge in [0.05, 0.1) is 11.7 Å². The molecular formula is C24H28N4O6S2. The van der Waals surface area contributed by atoms with Crippen LogP contribution in [0.25, 0.3) is 0 Å². The first-order valence-corrected chi connectivity index (χ1v) is 13.9. The molecule has 2 aromatic carbocycles. The van der Waals surface area contributed by atoms with Gasteiger partial charge in [-0.2, -0.15) is 8.42 Å². The third kappa shape index (κ3) is 7.65. The van der Waals surface area contributed by atoms with Crippen LogP contribution in [0, 0.1) is 0 Å². The molecule has 0 bridgehead atoms. The highest BCUT2D eigenvalue weighted by Crippen LogP contribution is 2.37. The summed E-state index contributed by atoms with van der Waals surface area (Å²) in [5, 5.41) is 10.5. The Morgan fingerprint density at radius 1 is 1.14 bits per heavy atom. The number of nitrogens with zero attached hydrogens (tertiary/aromatic N) is 1. The summed E-state index contributed by atoms with van der Waals surface area (Å²) in [6, 6.07) is 16.4. The number of unbranched alkanes of at least 4 members (excludes halogenated alkanes) is 1. The smallest absolute Gasteiger partial charge is 0.408 e. The van der Waals surface area contributed by atoms with E-state index in [0.717, 1.165) is 10.6 Å². The zero-order chi connectivity index (χ0) is 25.4. The van der Waals surface area contributed by atoms with E-state index in [-0.39, 0.29) is 19.3 Å². The van der Waals surface area contributed by atoms with E-state index in [0.29, 0.717) is 43.1 Å². The van der Waals surface area contributed by atoms with Crippen molar-refractivity contribution in [2.24, 2.45) is 5.14 Å². The van der Waals surface area contributed by atoms with Gasteiger partial charge in [-0.15, -0.1) is 11.3 Å². The third-order valence-corrected chi connectivity index (χ3v) is 6.97. The maximum atomic E-state index is 12.6. The summed E-state index contributed by atoms with van der Waals surface area (Å²) in [7, 11) is -3.74. The van der Waals surface area contributed by atoms with Crippen LogP contribution in [0.15, 0.2) is 60.0 Å². The number of thiazole rings is 1. The highest BCUT2D eigenvalue weighted by atomic mass is 32.2. The Hall–Kier alpha value is -3.19. The van der Waals surface area contributed by atoms with Crippen molar-refractivity contribution >= 4 is 27.6 Å². The van der Waals surface area contributed by atoms with E-state index in [1.165, 1.54) is 11.3 Å². The Bertz CT molecular complexity index is 1250. The first kappa shape index (κ1) is 25.9. The molecule has 1 aliphatic rings. The summed E-state index contributed by atoms with van der Waals surface area (Å²) >= 11 is 1.43. The molecule has 2 heterocycles. The van der Waals surface area contributed by atoms with Gasteiger partial charge in [-0.1, -0.05) is 42.5 Å². The average molecular weight is 533 g/mol. The largest absolute Gasteiger partial charge is 0.485 e. The van der Waals surface area contributed by atoms with Crippen molar-refractivity contribution in [3.05, 3.63) is 76.2 Å². The van der Waals surface area contributed by atoms with Crippen molar-refractivity contribution in [2.45, 2.75) is 38.0 Å². The van der Waals surface area contributed by atoms with E-state index in [4.69, 9.17) is 24.3 Å². The van der Waals surface area contributed by atoms with Crippen molar-refractivity contribution in [1.29, 1.82) is 0 Å². The summed E-state index contributed by atoms with van der Waals surface area (Å²) in [5.41, 5.74) is 1.55. The lowest BCUT2D eigenvalue weighted by Gasteiger charge is -2.25. The van der Waals surface area contributed by atoms with Gasteiger partial charge >= 0.3 is 6.09 Å². The zero-order valence-corrected chi connectivity index (χ0v) is 21.1. The van der Waals surface area contributed by atoms with Crippen molar-refractivity contribution < 1.29 is 27.4 Å². The van der Waals surface area contributed by atoms with Crippen LogP contribution in [0.2, 0.25) is 0 Å². The van der Waals surface area contributed by atoms with Gasteiger partial charge in [0, 0.05) is 11.9 Å². The standard InChI is InChI=1S/C24H28N4O6S2/c25-36(30,31)26-13-7-6-10-18(28-24(29)33-14-17-8-2-1-3-9-17)19-16-35-23(27-19)22-15-32-20-11-4-5-12-21(20)34-22/h1-5,8-9,11-12,16,18,22,26H,6-7,10,13-15H2,(H,28,29)(H2,25,30,31)/t18-,22?/m0/s1. The maximum Gasteiger partial charge on any atom is 0.408 e. The molecule has 4 N–H and O–H groups in total. The van der Waals surface area contributed by atoms with Crippen molar-refractivity contribution in [1.82, 2.24) is 15.0 Å². The van der Waals surface area contributed by atoms with Crippen molar-refractivity contribution in [2.75, 3.05) is 13.2 Å². The summed E-state index contributed by atoms with van der Waals surface area (Å²) < 4.78 is 41.7. The molecule has 1 unspecified atom stereocenters. The van der Waals surface area contributed by atoms with E-state index >= 15 is 0 Å². The lowest BCUT2D eigenvalue weighted by molar-refractivity contribution is 0.0909. The molecule has 192 valence electrons. The number of alkyl carbamates (subject to hydrolysis) is 1. The summed E-state index contributed by atoms with van der Waals surface area (Å²) in [5.74, 6) is 1.35. The molecule has 2 atom stereocenters. The summed E-state index contributed by atoms with van der Waals surface area (Å²) in [4.78, 5) is 17.3. The summed E-state index contributed by atoms with van der Waals surface area (Å²) in [6.45, 7) is 0.687. The van der Waals surface area contributed by atoms with Gasteiger partial charge in [0.15, 0.2) is 17.6 Å². The normalized spacial score (nSPS) is 15.8. The molecule has 3 aromatic rings. The fourth-order valence-corrected chi connectivity index (χ4v) is 4.95. The number of carbonyl (C=O) groups excluding carboxylic acids is 1. The second-order valence-corrected chi connectivity index (χ2v) is 10.4. The van der Waals surface area contributed by atoms with E-state index in [2.05, 4.69) is 10.0 Å². The van der Waals surface area contributed by atoms with Crippen LogP contribution in [0.3, 0.4) is 0 Å². The summed E-state index contributed by atoms with van der Waals surface area (Å²) in [6.07, 6.45) is 0.771. The van der Waals surface area contributed by atoms with Crippen molar-refractivity contribution in [3.63, 3.8) is 0 Å². The van der Waals surface area contributed by atoms with Crippen LogP contribution < -0.4 is 24.7 Å². The second kappa shape index (κ2) is 12.2. The number of ether oxygens (including phenoxy) is 3. The number of carbonyl (C=O) groups is 1. The molecule has 0 spiro atoms. The number of hydrogen-bond donors (Lipinski definition) is 3. The van der Waals surface area contributed by atoms with E-state index < -0.39 is 22.3 Å². The van der Waals surface area contributed by atoms with Crippen LogP contribution in [-0.2, 0) is 21.6 Å². The maximum absolute atomic E-state index is 12.6. The molecule has 1 aliphatic heterocycles. The molecule has 0 radical (unpaired) electrons. The molecule has 1 aromatic heterocycles. The predicted octanol–water partition coefficient (Wildman–Crippen LogP) is 3.59. The number of benzene rings is 2. The number of amides is 1. The molecule has 0 fully saturated rings. The number of nitrogens with two attached hydrogens (primary N) is 1. The first-order valence-electron chi connectivity index (χ1n) is 11.5.